The molecule has 0 amide bonds. The molecule has 2 aromatic rings. The molecule has 34 heavy (non-hydrogen) atoms. The summed E-state index contributed by atoms with van der Waals surface area (Å²) in [5, 5.41) is 6.99. The van der Waals surface area contributed by atoms with Crippen LogP contribution < -0.4 is 25.3 Å². The summed E-state index contributed by atoms with van der Waals surface area (Å²) in [6.07, 6.45) is 2.40. The number of rotatable bonds is 6. The molecule has 1 aromatic heterocycles. The van der Waals surface area contributed by atoms with Crippen LogP contribution in [0.3, 0.4) is 0 Å². The Labute approximate surface area is 206 Å². The molecule has 0 aliphatic carbocycles. The van der Waals surface area contributed by atoms with Crippen LogP contribution in [0.15, 0.2) is 36.4 Å². The molecule has 0 radical (unpaired) electrons. The summed E-state index contributed by atoms with van der Waals surface area (Å²) in [5.74, 6) is 2.35. The highest BCUT2D eigenvalue weighted by Gasteiger charge is 2.22. The molecule has 1 atom stereocenters. The highest BCUT2D eigenvalue weighted by molar-refractivity contribution is 7.80. The number of hydrogen-bond donors (Lipinski definition) is 2. The fraction of sp³-hybridized carbons (Fsp3) is 0.542. The van der Waals surface area contributed by atoms with Gasteiger partial charge in [0, 0.05) is 64.2 Å². The van der Waals surface area contributed by atoms with Gasteiger partial charge >= 0.3 is 0 Å². The topological polar surface area (TPSA) is 78.0 Å². The number of piperazine rings is 1. The summed E-state index contributed by atoms with van der Waals surface area (Å²) in [7, 11) is 0. The van der Waals surface area contributed by atoms with E-state index < -0.39 is 0 Å². The fourth-order valence-corrected chi connectivity index (χ4v) is 4.76. The maximum Gasteiger partial charge on any atom is 0.232 e. The number of hydrogen-bond acceptors (Lipinski definition) is 8. The molecular weight excluding hydrogens is 450 g/mol. The lowest BCUT2D eigenvalue weighted by Crippen LogP contribution is -2.47. The van der Waals surface area contributed by atoms with Crippen LogP contribution in [0.25, 0.3) is 0 Å². The third-order valence-corrected chi connectivity index (χ3v) is 6.75. The summed E-state index contributed by atoms with van der Waals surface area (Å²) >= 11 is 5.53. The van der Waals surface area contributed by atoms with E-state index in [4.69, 9.17) is 31.7 Å². The average Bonchev–Trinajstić information content (AvgIpc) is 3.42. The SMILES string of the molecule is S=C(NC[C@H]1CCCO1)Nc1nc(N2CCOCC2)cc(N2CCN(c3ccccc3)CC2)n1. The predicted octanol–water partition coefficient (Wildman–Crippen LogP) is 2.11. The summed E-state index contributed by atoms with van der Waals surface area (Å²) in [6, 6.07) is 12.7. The molecule has 3 saturated heterocycles. The monoisotopic (exact) mass is 483 g/mol. The number of anilines is 4. The van der Waals surface area contributed by atoms with Gasteiger partial charge in [0.2, 0.25) is 5.95 Å². The van der Waals surface area contributed by atoms with E-state index in [1.807, 2.05) is 0 Å². The smallest absolute Gasteiger partial charge is 0.232 e. The van der Waals surface area contributed by atoms with Crippen LogP contribution in [0.5, 0.6) is 0 Å². The van der Waals surface area contributed by atoms with E-state index in [9.17, 15) is 0 Å². The molecular formula is C24H33N7O2S. The zero-order valence-corrected chi connectivity index (χ0v) is 20.3. The van der Waals surface area contributed by atoms with Crippen molar-refractivity contribution in [1.82, 2.24) is 15.3 Å². The van der Waals surface area contributed by atoms with E-state index in [0.717, 1.165) is 70.4 Å². The minimum atomic E-state index is 0.219. The Hall–Kier alpha value is -2.69. The fourth-order valence-electron chi connectivity index (χ4n) is 4.58. The largest absolute Gasteiger partial charge is 0.378 e. The van der Waals surface area contributed by atoms with E-state index in [2.05, 4.69) is 61.7 Å². The molecule has 0 spiro atoms. The van der Waals surface area contributed by atoms with Crippen molar-refractivity contribution in [2.45, 2.75) is 18.9 Å². The van der Waals surface area contributed by atoms with Crippen LogP contribution in [-0.4, -0.2) is 86.8 Å². The zero-order chi connectivity index (χ0) is 23.2. The number of morpholine rings is 1. The molecule has 1 aromatic carbocycles. The Kier molecular flexibility index (Phi) is 7.57. The Morgan fingerprint density at radius 1 is 0.912 bits per heavy atom. The quantitative estimate of drug-likeness (QED) is 0.597. The zero-order valence-electron chi connectivity index (χ0n) is 19.5. The molecule has 182 valence electrons. The maximum absolute atomic E-state index is 5.68. The molecule has 0 unspecified atom stereocenters. The van der Waals surface area contributed by atoms with Gasteiger partial charge in [0.15, 0.2) is 5.11 Å². The first kappa shape index (κ1) is 23.1. The molecule has 3 aliphatic rings. The second kappa shape index (κ2) is 11.2. The average molecular weight is 484 g/mol. The van der Waals surface area contributed by atoms with Crippen molar-refractivity contribution >= 4 is 40.6 Å². The van der Waals surface area contributed by atoms with E-state index in [1.165, 1.54) is 5.69 Å². The molecule has 5 rings (SSSR count). The third kappa shape index (κ3) is 5.86. The van der Waals surface area contributed by atoms with Crippen molar-refractivity contribution in [2.24, 2.45) is 0 Å². The molecule has 3 fully saturated rings. The first-order chi connectivity index (χ1) is 16.7. The van der Waals surface area contributed by atoms with Gasteiger partial charge in [-0.05, 0) is 37.2 Å². The second-order valence-electron chi connectivity index (χ2n) is 8.79. The van der Waals surface area contributed by atoms with Gasteiger partial charge in [-0.2, -0.15) is 9.97 Å². The van der Waals surface area contributed by atoms with Crippen LogP contribution in [0.2, 0.25) is 0 Å². The number of ether oxygens (including phenoxy) is 2. The molecule has 3 aliphatic heterocycles. The molecule has 10 heteroatoms. The number of benzene rings is 1. The highest BCUT2D eigenvalue weighted by atomic mass is 32.1. The summed E-state index contributed by atoms with van der Waals surface area (Å²) in [6.45, 7) is 8.28. The summed E-state index contributed by atoms with van der Waals surface area (Å²) in [5.41, 5.74) is 1.27. The van der Waals surface area contributed by atoms with E-state index >= 15 is 0 Å². The number of para-hydroxylation sites is 1. The van der Waals surface area contributed by atoms with Gasteiger partial charge in [-0.1, -0.05) is 18.2 Å². The maximum atomic E-state index is 5.68. The minimum absolute atomic E-state index is 0.219. The minimum Gasteiger partial charge on any atom is -0.378 e. The van der Waals surface area contributed by atoms with Gasteiger partial charge in [-0.25, -0.2) is 0 Å². The van der Waals surface area contributed by atoms with Crippen LogP contribution >= 0.6 is 12.2 Å². The molecule has 0 bridgehead atoms. The molecule has 2 N–H and O–H groups in total. The second-order valence-corrected chi connectivity index (χ2v) is 9.20. The predicted molar refractivity (Wildman–Crippen MR) is 139 cm³/mol. The lowest BCUT2D eigenvalue weighted by Gasteiger charge is -2.37. The Morgan fingerprint density at radius 2 is 1.59 bits per heavy atom. The number of thiocarbonyl (C=S) groups is 1. The van der Waals surface area contributed by atoms with Gasteiger partial charge in [0.25, 0.3) is 0 Å². The van der Waals surface area contributed by atoms with Gasteiger partial charge in [-0.15, -0.1) is 0 Å². The lowest BCUT2D eigenvalue weighted by atomic mass is 10.2. The molecule has 9 nitrogen and oxygen atoms in total. The van der Waals surface area contributed by atoms with Crippen molar-refractivity contribution in [1.29, 1.82) is 0 Å². The van der Waals surface area contributed by atoms with Gasteiger partial charge < -0.3 is 34.8 Å². The highest BCUT2D eigenvalue weighted by Crippen LogP contribution is 2.24. The summed E-state index contributed by atoms with van der Waals surface area (Å²) < 4.78 is 11.2. The number of nitrogens with zero attached hydrogens (tertiary/aromatic N) is 5. The van der Waals surface area contributed by atoms with E-state index in [1.54, 1.807) is 0 Å². The van der Waals surface area contributed by atoms with Crippen molar-refractivity contribution in [2.75, 3.05) is 85.7 Å². The number of aromatic nitrogens is 2. The van der Waals surface area contributed by atoms with Crippen molar-refractivity contribution in [3.8, 4) is 0 Å². The van der Waals surface area contributed by atoms with Crippen molar-refractivity contribution < 1.29 is 9.47 Å². The Morgan fingerprint density at radius 3 is 2.26 bits per heavy atom. The molecule has 4 heterocycles. The van der Waals surface area contributed by atoms with Crippen LogP contribution in [0, 0.1) is 0 Å². The van der Waals surface area contributed by atoms with Gasteiger partial charge in [0.1, 0.15) is 11.6 Å². The molecule has 0 saturated carbocycles. The lowest BCUT2D eigenvalue weighted by molar-refractivity contribution is 0.114. The first-order valence-corrected chi connectivity index (χ1v) is 12.6. The van der Waals surface area contributed by atoms with E-state index in [-0.39, 0.29) is 6.10 Å². The number of nitrogens with one attached hydrogen (secondary N) is 2. The van der Waals surface area contributed by atoms with Crippen LogP contribution in [-0.2, 0) is 9.47 Å². The Bertz CT molecular complexity index is 944. The van der Waals surface area contributed by atoms with Crippen LogP contribution in [0.4, 0.5) is 23.3 Å². The van der Waals surface area contributed by atoms with Crippen molar-refractivity contribution in [3.05, 3.63) is 36.4 Å². The van der Waals surface area contributed by atoms with Crippen LogP contribution in [0.1, 0.15) is 12.8 Å². The summed E-state index contributed by atoms with van der Waals surface area (Å²) in [4.78, 5) is 16.6. The van der Waals surface area contributed by atoms with Gasteiger partial charge in [0.05, 0.1) is 19.3 Å². The first-order valence-electron chi connectivity index (χ1n) is 12.2. The van der Waals surface area contributed by atoms with E-state index in [0.29, 0.717) is 30.8 Å². The Balaban J connectivity index is 1.28. The normalized spacial score (nSPS) is 20.9. The standard InChI is InChI=1S/C24H33N7O2S/c34-24(25-18-20-7-4-14-33-20)28-23-26-21(17-22(27-23)31-12-15-32-16-13-31)30-10-8-29(9-11-30)19-5-2-1-3-6-19/h1-3,5-6,17,20H,4,7-16,18H2,(H2,25,26,27,28,34)/t20-/m1/s1. The van der Waals surface area contributed by atoms with Gasteiger partial charge in [-0.3, -0.25) is 0 Å². The third-order valence-electron chi connectivity index (χ3n) is 6.50. The van der Waals surface area contributed by atoms with Crippen molar-refractivity contribution in [3.63, 3.8) is 0 Å².